The number of nitrogens with zero attached hydrogens (tertiary/aromatic N) is 1. The average molecular weight is 378 g/mol. The van der Waals surface area contributed by atoms with Crippen molar-refractivity contribution in [1.29, 1.82) is 0 Å². The molecule has 0 radical (unpaired) electrons. The van der Waals surface area contributed by atoms with Gasteiger partial charge in [0.05, 0.1) is 21.5 Å². The summed E-state index contributed by atoms with van der Waals surface area (Å²) < 4.78 is 1.16. The lowest BCUT2D eigenvalue weighted by Crippen LogP contribution is -2.26. The van der Waals surface area contributed by atoms with Gasteiger partial charge in [0, 0.05) is 24.9 Å². The van der Waals surface area contributed by atoms with Gasteiger partial charge in [-0.15, -0.1) is 11.3 Å². The van der Waals surface area contributed by atoms with E-state index in [-0.39, 0.29) is 16.8 Å². The summed E-state index contributed by atoms with van der Waals surface area (Å²) in [5.41, 5.74) is 4.90. The van der Waals surface area contributed by atoms with Crippen molar-refractivity contribution in [1.82, 2.24) is 10.3 Å². The molecule has 1 aromatic carbocycles. The maximum absolute atomic E-state index is 11.5. The fraction of sp³-hybridized carbons (Fsp3) is 0.389. The third-order valence-electron chi connectivity index (χ3n) is 3.54. The molecule has 5 nitrogen and oxygen atoms in total. The number of hydrogen-bond donors (Lipinski definition) is 2. The molecule has 1 aromatic heterocycles. The van der Waals surface area contributed by atoms with Gasteiger partial charge < -0.3 is 10.6 Å². The highest BCUT2D eigenvalue weighted by Gasteiger charge is 2.03. The minimum Gasteiger partial charge on any atom is -0.359 e. The topological polar surface area (TPSA) is 71.1 Å². The van der Waals surface area contributed by atoms with E-state index in [1.165, 1.54) is 6.92 Å². The Morgan fingerprint density at radius 3 is 2.92 bits per heavy atom. The van der Waals surface area contributed by atoms with Crippen LogP contribution < -0.4 is 10.6 Å². The molecule has 1 amide bonds. The maximum atomic E-state index is 11.5. The van der Waals surface area contributed by atoms with Gasteiger partial charge in [-0.3, -0.25) is 9.59 Å². The van der Waals surface area contributed by atoms with E-state index in [1.807, 2.05) is 17.6 Å². The van der Waals surface area contributed by atoms with Crippen LogP contribution in [0.5, 0.6) is 0 Å². The van der Waals surface area contributed by atoms with Crippen LogP contribution in [0.3, 0.4) is 0 Å². The molecule has 0 bridgehead atoms. The van der Waals surface area contributed by atoms with Crippen molar-refractivity contribution in [2.24, 2.45) is 0 Å². The molecule has 0 saturated carbocycles. The number of benzene rings is 1. The van der Waals surface area contributed by atoms with Crippen LogP contribution in [0.2, 0.25) is 0 Å². The number of unbranched alkanes of at least 4 members (excludes halogenated alkanes) is 2. The van der Waals surface area contributed by atoms with E-state index in [1.54, 1.807) is 11.3 Å². The fourth-order valence-electron chi connectivity index (χ4n) is 2.29. The predicted molar refractivity (Wildman–Crippen MR) is 107 cm³/mol. The Kier molecular flexibility index (Phi) is 7.94. The minimum atomic E-state index is -0.0789. The smallest absolute Gasteiger partial charge is 0.230 e. The molecule has 1 heterocycles. The highest BCUT2D eigenvalue weighted by Crippen LogP contribution is 2.23. The number of rotatable bonds is 10. The quantitative estimate of drug-likeness (QED) is 0.608. The van der Waals surface area contributed by atoms with Crippen LogP contribution in [0, 0.1) is 0 Å². The van der Waals surface area contributed by atoms with Crippen LogP contribution in [0.1, 0.15) is 32.6 Å². The Bertz CT molecular complexity index is 743. The zero-order chi connectivity index (χ0) is 18.1. The van der Waals surface area contributed by atoms with E-state index >= 15 is 0 Å². The number of carbonyl (C=O) groups excluding carboxylic acids is 2. The molecular weight excluding hydrogens is 354 g/mol. The summed E-state index contributed by atoms with van der Waals surface area (Å²) in [5.74, 6) is 0.130. The Morgan fingerprint density at radius 1 is 1.28 bits per heavy atom. The Balaban J connectivity index is 1.56. The van der Waals surface area contributed by atoms with Crippen LogP contribution in [0.4, 0.5) is 5.69 Å². The molecule has 2 aromatic rings. The van der Waals surface area contributed by atoms with Crippen molar-refractivity contribution < 1.29 is 9.59 Å². The Labute approximate surface area is 156 Å². The number of amides is 1. The van der Waals surface area contributed by atoms with Crippen LogP contribution >= 0.6 is 23.1 Å². The van der Waals surface area contributed by atoms with Crippen LogP contribution in [-0.2, 0) is 9.59 Å². The van der Waals surface area contributed by atoms with E-state index in [0.717, 1.165) is 59.0 Å². The summed E-state index contributed by atoms with van der Waals surface area (Å²) >= 11 is 2.67. The first kappa shape index (κ1) is 19.5. The van der Waals surface area contributed by atoms with Crippen molar-refractivity contribution >= 4 is 50.0 Å². The second kappa shape index (κ2) is 10.2. The molecule has 0 fully saturated rings. The first-order valence-electron chi connectivity index (χ1n) is 8.22. The molecule has 0 saturated heterocycles. The van der Waals surface area contributed by atoms with E-state index in [4.69, 9.17) is 0 Å². The van der Waals surface area contributed by atoms with Gasteiger partial charge in [0.25, 0.3) is 0 Å². The summed E-state index contributed by atoms with van der Waals surface area (Å²) in [6.45, 7) is 6.20. The molecule has 0 unspecified atom stereocenters. The van der Waals surface area contributed by atoms with Crippen LogP contribution in [0.25, 0.3) is 10.2 Å². The lowest BCUT2D eigenvalue weighted by atomic mass is 10.1. The number of carbonyl (C=O) groups is 2. The summed E-state index contributed by atoms with van der Waals surface area (Å²) in [6.07, 6.45) is 3.87. The SMILES string of the molecule is C=C(CCCCCNC(=O)CSC(C)=O)Nc1ccc2ncsc2c1. The molecule has 2 rings (SSSR count). The number of aromatic nitrogens is 1. The van der Waals surface area contributed by atoms with Crippen LogP contribution in [0.15, 0.2) is 36.0 Å². The highest BCUT2D eigenvalue weighted by molar-refractivity contribution is 8.14. The maximum Gasteiger partial charge on any atom is 0.230 e. The zero-order valence-corrected chi connectivity index (χ0v) is 16.0. The summed E-state index contributed by atoms with van der Waals surface area (Å²) in [6, 6.07) is 6.11. The van der Waals surface area contributed by atoms with E-state index < -0.39 is 0 Å². The van der Waals surface area contributed by atoms with Gasteiger partial charge in [-0.2, -0.15) is 0 Å². The zero-order valence-electron chi connectivity index (χ0n) is 14.3. The third kappa shape index (κ3) is 7.27. The first-order valence-corrected chi connectivity index (χ1v) is 10.1. The monoisotopic (exact) mass is 377 g/mol. The Morgan fingerprint density at radius 2 is 2.12 bits per heavy atom. The minimum absolute atomic E-state index is 0.0318. The fourth-order valence-corrected chi connectivity index (χ4v) is 3.44. The van der Waals surface area contributed by atoms with Crippen molar-refractivity contribution in [2.45, 2.75) is 32.6 Å². The molecular formula is C18H23N3O2S2. The van der Waals surface area contributed by atoms with E-state index in [2.05, 4.69) is 28.3 Å². The van der Waals surface area contributed by atoms with Crippen molar-refractivity contribution in [2.75, 3.05) is 17.6 Å². The number of allylic oxidation sites excluding steroid dienone is 1. The first-order chi connectivity index (χ1) is 12.0. The van der Waals surface area contributed by atoms with Crippen LogP contribution in [-0.4, -0.2) is 28.3 Å². The second-order valence-corrected chi connectivity index (χ2v) is 7.74. The number of nitrogens with one attached hydrogen (secondary N) is 2. The molecule has 7 heteroatoms. The second-order valence-electron chi connectivity index (χ2n) is 5.70. The van der Waals surface area contributed by atoms with Gasteiger partial charge in [0.2, 0.25) is 5.91 Å². The van der Waals surface area contributed by atoms with Crippen molar-refractivity contribution in [3.8, 4) is 0 Å². The number of fused-ring (bicyclic) bond motifs is 1. The highest BCUT2D eigenvalue weighted by atomic mass is 32.2. The molecule has 0 atom stereocenters. The molecule has 2 N–H and O–H groups in total. The van der Waals surface area contributed by atoms with Gasteiger partial charge >= 0.3 is 0 Å². The molecule has 0 aliphatic carbocycles. The number of hydrogen-bond acceptors (Lipinski definition) is 6. The number of thioether (sulfide) groups is 1. The largest absolute Gasteiger partial charge is 0.359 e. The lowest BCUT2D eigenvalue weighted by molar-refractivity contribution is -0.118. The summed E-state index contributed by atoms with van der Waals surface area (Å²) in [4.78, 5) is 26.5. The molecule has 0 spiro atoms. The molecule has 25 heavy (non-hydrogen) atoms. The lowest BCUT2D eigenvalue weighted by Gasteiger charge is -2.10. The number of thiazole rings is 1. The van der Waals surface area contributed by atoms with Gasteiger partial charge in [-0.05, 0) is 37.5 Å². The summed E-state index contributed by atoms with van der Waals surface area (Å²) in [5, 5.41) is 6.13. The standard InChI is InChI=1S/C18H23N3O2S2/c1-13(21-15-7-8-16-17(10-15)25-12-20-16)6-4-3-5-9-19-18(23)11-24-14(2)22/h7-8,10,12,21H,1,3-6,9,11H2,2H3,(H,19,23). The van der Waals surface area contributed by atoms with Gasteiger partial charge in [0.15, 0.2) is 5.12 Å². The van der Waals surface area contributed by atoms with E-state index in [0.29, 0.717) is 6.54 Å². The van der Waals surface area contributed by atoms with Gasteiger partial charge in [0.1, 0.15) is 0 Å². The van der Waals surface area contributed by atoms with Crippen molar-refractivity contribution in [3.63, 3.8) is 0 Å². The normalized spacial score (nSPS) is 10.6. The molecule has 134 valence electrons. The molecule has 0 aliphatic rings. The molecule has 0 aliphatic heterocycles. The number of anilines is 1. The Hall–Kier alpha value is -1.86. The van der Waals surface area contributed by atoms with Crippen molar-refractivity contribution in [3.05, 3.63) is 36.0 Å². The van der Waals surface area contributed by atoms with E-state index in [9.17, 15) is 9.59 Å². The van der Waals surface area contributed by atoms with Gasteiger partial charge in [-0.25, -0.2) is 4.98 Å². The van der Waals surface area contributed by atoms with Gasteiger partial charge in [-0.1, -0.05) is 24.8 Å². The average Bonchev–Trinajstić information content (AvgIpc) is 3.03. The third-order valence-corrected chi connectivity index (χ3v) is 5.14. The summed E-state index contributed by atoms with van der Waals surface area (Å²) in [7, 11) is 0. The predicted octanol–water partition coefficient (Wildman–Crippen LogP) is 4.18.